The summed E-state index contributed by atoms with van der Waals surface area (Å²) in [6.07, 6.45) is 3.99. The van der Waals surface area contributed by atoms with E-state index in [1.807, 2.05) is 12.1 Å². The van der Waals surface area contributed by atoms with Gasteiger partial charge in [-0.05, 0) is 31.9 Å². The molecule has 0 aromatic carbocycles. The van der Waals surface area contributed by atoms with Crippen molar-refractivity contribution in [2.45, 2.75) is 45.2 Å². The summed E-state index contributed by atoms with van der Waals surface area (Å²) < 4.78 is 28.4. The molecule has 2 rings (SSSR count). The maximum Gasteiger partial charge on any atom is 0.191 e. The Balaban J connectivity index is 1.92. The Morgan fingerprint density at radius 2 is 2.36 bits per heavy atom. The highest BCUT2D eigenvalue weighted by Crippen LogP contribution is 2.11. The summed E-state index contributed by atoms with van der Waals surface area (Å²) in [6.45, 7) is 4.77. The van der Waals surface area contributed by atoms with Gasteiger partial charge >= 0.3 is 0 Å². The molecule has 0 saturated carbocycles. The van der Waals surface area contributed by atoms with E-state index in [1.54, 1.807) is 6.26 Å². The minimum atomic E-state index is -2.89. The Bertz CT molecular complexity index is 581. The molecule has 2 unspecified atom stereocenters. The molecule has 1 aliphatic heterocycles. The van der Waals surface area contributed by atoms with Crippen LogP contribution in [-0.2, 0) is 16.3 Å². The zero-order valence-electron chi connectivity index (χ0n) is 13.2. The van der Waals surface area contributed by atoms with Crippen molar-refractivity contribution in [3.63, 3.8) is 0 Å². The van der Waals surface area contributed by atoms with Crippen LogP contribution in [0.3, 0.4) is 0 Å². The van der Waals surface area contributed by atoms with Crippen LogP contribution >= 0.6 is 0 Å². The van der Waals surface area contributed by atoms with Crippen LogP contribution in [0.15, 0.2) is 27.8 Å². The number of nitrogens with one attached hydrogen (secondary N) is 2. The van der Waals surface area contributed by atoms with Crippen LogP contribution in [0.4, 0.5) is 0 Å². The summed E-state index contributed by atoms with van der Waals surface area (Å²) in [7, 11) is -2.89. The highest BCUT2D eigenvalue weighted by Gasteiger charge is 2.28. The van der Waals surface area contributed by atoms with Crippen molar-refractivity contribution in [2.75, 3.05) is 18.1 Å². The molecule has 124 valence electrons. The van der Waals surface area contributed by atoms with Gasteiger partial charge in [-0.25, -0.2) is 8.42 Å². The quantitative estimate of drug-likeness (QED) is 0.608. The van der Waals surface area contributed by atoms with Crippen LogP contribution < -0.4 is 10.6 Å². The number of furan rings is 1. The molecule has 2 N–H and O–H groups in total. The summed E-state index contributed by atoms with van der Waals surface area (Å²) >= 11 is 0. The Morgan fingerprint density at radius 1 is 1.55 bits per heavy atom. The molecule has 6 nitrogen and oxygen atoms in total. The van der Waals surface area contributed by atoms with Gasteiger partial charge in [-0.1, -0.05) is 6.92 Å². The predicted octanol–water partition coefficient (Wildman–Crippen LogP) is 1.34. The zero-order valence-corrected chi connectivity index (χ0v) is 14.0. The van der Waals surface area contributed by atoms with Gasteiger partial charge in [-0.3, -0.25) is 4.99 Å². The molecule has 0 aliphatic carbocycles. The smallest absolute Gasteiger partial charge is 0.191 e. The Hall–Kier alpha value is -1.50. The van der Waals surface area contributed by atoms with Gasteiger partial charge in [0, 0.05) is 25.0 Å². The average molecular weight is 327 g/mol. The second-order valence-corrected chi connectivity index (χ2v) is 7.99. The third kappa shape index (κ3) is 5.36. The molecule has 0 spiro atoms. The van der Waals surface area contributed by atoms with Gasteiger partial charge in [-0.2, -0.15) is 0 Å². The van der Waals surface area contributed by atoms with Gasteiger partial charge in [0.05, 0.1) is 17.8 Å². The largest absolute Gasteiger partial charge is 0.469 e. The normalized spacial score (nSPS) is 22.5. The van der Waals surface area contributed by atoms with E-state index >= 15 is 0 Å². The average Bonchev–Trinajstić information content (AvgIpc) is 3.08. The summed E-state index contributed by atoms with van der Waals surface area (Å²) in [4.78, 5) is 4.54. The standard InChI is InChI=1S/C15H25N3O3S/c1-3-12(2)17-15(16-8-6-14-5-4-9-21-14)18-13-7-10-22(19,20)11-13/h4-5,9,12-13H,3,6-8,10-11H2,1-2H3,(H2,16,17,18). The highest BCUT2D eigenvalue weighted by atomic mass is 32.2. The van der Waals surface area contributed by atoms with Gasteiger partial charge < -0.3 is 15.1 Å². The maximum atomic E-state index is 11.6. The van der Waals surface area contributed by atoms with Crippen molar-refractivity contribution in [1.82, 2.24) is 10.6 Å². The molecule has 22 heavy (non-hydrogen) atoms. The van der Waals surface area contributed by atoms with E-state index in [0.29, 0.717) is 18.9 Å². The molecule has 1 fully saturated rings. The number of sulfone groups is 1. The number of hydrogen-bond acceptors (Lipinski definition) is 4. The van der Waals surface area contributed by atoms with Gasteiger partial charge in [0.15, 0.2) is 15.8 Å². The topological polar surface area (TPSA) is 83.7 Å². The molecular weight excluding hydrogens is 302 g/mol. The lowest BCUT2D eigenvalue weighted by molar-refractivity contribution is 0.510. The predicted molar refractivity (Wildman–Crippen MR) is 87.8 cm³/mol. The van der Waals surface area contributed by atoms with E-state index in [9.17, 15) is 8.42 Å². The molecule has 2 heterocycles. The van der Waals surface area contributed by atoms with Crippen molar-refractivity contribution >= 4 is 15.8 Å². The van der Waals surface area contributed by atoms with Crippen molar-refractivity contribution in [3.8, 4) is 0 Å². The lowest BCUT2D eigenvalue weighted by atomic mass is 10.2. The number of guanidine groups is 1. The third-order valence-corrected chi connectivity index (χ3v) is 5.54. The zero-order chi connectivity index (χ0) is 16.0. The summed E-state index contributed by atoms with van der Waals surface area (Å²) in [5.74, 6) is 2.03. The van der Waals surface area contributed by atoms with Crippen molar-refractivity contribution in [2.24, 2.45) is 4.99 Å². The second-order valence-electron chi connectivity index (χ2n) is 5.76. The van der Waals surface area contributed by atoms with Crippen LogP contribution in [0.25, 0.3) is 0 Å². The minimum absolute atomic E-state index is 0.0519. The summed E-state index contributed by atoms with van der Waals surface area (Å²) in [5.41, 5.74) is 0. The van der Waals surface area contributed by atoms with Gasteiger partial charge in [0.1, 0.15) is 5.76 Å². The van der Waals surface area contributed by atoms with E-state index < -0.39 is 9.84 Å². The summed E-state index contributed by atoms with van der Waals surface area (Å²) in [5, 5.41) is 6.56. The van der Waals surface area contributed by atoms with E-state index in [1.165, 1.54) is 0 Å². The SMILES string of the molecule is CCC(C)NC(=NCCc1ccco1)NC1CCS(=O)(=O)C1. The molecule has 1 saturated heterocycles. The first-order valence-corrected chi connectivity index (χ1v) is 9.61. The second kappa shape index (κ2) is 7.67. The number of nitrogens with zero attached hydrogens (tertiary/aromatic N) is 1. The fraction of sp³-hybridized carbons (Fsp3) is 0.667. The van der Waals surface area contributed by atoms with Crippen LogP contribution in [-0.4, -0.2) is 44.5 Å². The lowest BCUT2D eigenvalue weighted by Gasteiger charge is -2.20. The molecule has 0 bridgehead atoms. The van der Waals surface area contributed by atoms with Crippen LogP contribution in [0.2, 0.25) is 0 Å². The molecule has 1 aromatic rings. The van der Waals surface area contributed by atoms with E-state index in [4.69, 9.17) is 4.42 Å². The minimum Gasteiger partial charge on any atom is -0.469 e. The highest BCUT2D eigenvalue weighted by molar-refractivity contribution is 7.91. The number of hydrogen-bond donors (Lipinski definition) is 2. The van der Waals surface area contributed by atoms with Crippen LogP contribution in [0.5, 0.6) is 0 Å². The molecule has 7 heteroatoms. The Kier molecular flexibility index (Phi) is 5.88. The van der Waals surface area contributed by atoms with E-state index in [2.05, 4.69) is 29.5 Å². The van der Waals surface area contributed by atoms with Gasteiger partial charge in [0.25, 0.3) is 0 Å². The van der Waals surface area contributed by atoms with Crippen molar-refractivity contribution in [3.05, 3.63) is 24.2 Å². The van der Waals surface area contributed by atoms with E-state index in [-0.39, 0.29) is 23.6 Å². The molecular formula is C15H25N3O3S. The summed E-state index contributed by atoms with van der Waals surface area (Å²) in [6, 6.07) is 4.02. The third-order valence-electron chi connectivity index (χ3n) is 3.78. The molecule has 0 radical (unpaired) electrons. The first kappa shape index (κ1) is 16.9. The Morgan fingerprint density at radius 3 is 2.95 bits per heavy atom. The maximum absolute atomic E-state index is 11.6. The molecule has 1 aromatic heterocycles. The lowest BCUT2D eigenvalue weighted by Crippen LogP contribution is -2.47. The molecule has 0 amide bonds. The molecule has 1 aliphatic rings. The van der Waals surface area contributed by atoms with Crippen molar-refractivity contribution in [1.29, 1.82) is 0 Å². The van der Waals surface area contributed by atoms with Crippen molar-refractivity contribution < 1.29 is 12.8 Å². The first-order chi connectivity index (χ1) is 10.5. The monoisotopic (exact) mass is 327 g/mol. The van der Waals surface area contributed by atoms with Crippen LogP contribution in [0.1, 0.15) is 32.4 Å². The number of aliphatic imine (C=N–C) groups is 1. The fourth-order valence-corrected chi connectivity index (χ4v) is 3.98. The van der Waals surface area contributed by atoms with Gasteiger partial charge in [0.2, 0.25) is 0 Å². The first-order valence-electron chi connectivity index (χ1n) is 7.79. The number of rotatable bonds is 6. The van der Waals surface area contributed by atoms with Crippen LogP contribution in [0, 0.1) is 0 Å². The fourth-order valence-electron chi connectivity index (χ4n) is 2.30. The van der Waals surface area contributed by atoms with Gasteiger partial charge in [-0.15, -0.1) is 0 Å². The van der Waals surface area contributed by atoms with E-state index in [0.717, 1.165) is 18.6 Å². The molecule has 2 atom stereocenters. The Labute approximate surface area is 132 Å².